The Morgan fingerprint density at radius 3 is 2.40 bits per heavy atom. The van der Waals surface area contributed by atoms with Gasteiger partial charge in [-0.1, -0.05) is 19.3 Å². The van der Waals surface area contributed by atoms with Gasteiger partial charge in [0.15, 0.2) is 0 Å². The average molecular weight is 285 g/mol. The molecule has 1 aliphatic rings. The number of carbonyl (C=O) groups is 2. The maximum absolute atomic E-state index is 12.5. The summed E-state index contributed by atoms with van der Waals surface area (Å²) in [6.45, 7) is 1.73. The van der Waals surface area contributed by atoms with Crippen molar-refractivity contribution in [1.82, 2.24) is 4.90 Å². The predicted molar refractivity (Wildman–Crippen MR) is 76.3 cm³/mol. The Morgan fingerprint density at radius 1 is 1.10 bits per heavy atom. The molecular formula is C15H27NO4. The number of ether oxygens (including phenoxy) is 2. The molecule has 0 spiro atoms. The van der Waals surface area contributed by atoms with Gasteiger partial charge in [0.05, 0.1) is 13.5 Å². The SMILES string of the molecule is COCCCN(CCC(=O)OC)C(=O)C1CCCCC1. The van der Waals surface area contributed by atoms with Crippen molar-refractivity contribution in [3.8, 4) is 0 Å². The van der Waals surface area contributed by atoms with Crippen molar-refractivity contribution >= 4 is 11.9 Å². The van der Waals surface area contributed by atoms with E-state index in [1.54, 1.807) is 7.11 Å². The number of hydrogen-bond donors (Lipinski definition) is 0. The highest BCUT2D eigenvalue weighted by Gasteiger charge is 2.26. The van der Waals surface area contributed by atoms with Gasteiger partial charge in [0.1, 0.15) is 0 Å². The summed E-state index contributed by atoms with van der Waals surface area (Å²) in [6.07, 6.45) is 6.54. The van der Waals surface area contributed by atoms with Gasteiger partial charge in [-0.05, 0) is 19.3 Å². The van der Waals surface area contributed by atoms with Crippen molar-refractivity contribution in [3.05, 3.63) is 0 Å². The third-order valence-corrected chi connectivity index (χ3v) is 3.86. The Kier molecular flexibility index (Phi) is 8.26. The summed E-state index contributed by atoms with van der Waals surface area (Å²) in [7, 11) is 3.03. The van der Waals surface area contributed by atoms with Crippen molar-refractivity contribution in [3.63, 3.8) is 0 Å². The Balaban J connectivity index is 2.49. The van der Waals surface area contributed by atoms with Crippen LogP contribution in [0.5, 0.6) is 0 Å². The fourth-order valence-electron chi connectivity index (χ4n) is 2.67. The molecule has 1 amide bonds. The van der Waals surface area contributed by atoms with E-state index in [9.17, 15) is 9.59 Å². The molecule has 0 atom stereocenters. The highest BCUT2D eigenvalue weighted by molar-refractivity contribution is 5.79. The zero-order valence-electron chi connectivity index (χ0n) is 12.7. The molecule has 0 N–H and O–H groups in total. The van der Waals surface area contributed by atoms with Crippen molar-refractivity contribution in [2.24, 2.45) is 5.92 Å². The maximum Gasteiger partial charge on any atom is 0.307 e. The van der Waals surface area contributed by atoms with Gasteiger partial charge in [0.25, 0.3) is 0 Å². The van der Waals surface area contributed by atoms with Gasteiger partial charge in [-0.25, -0.2) is 0 Å². The first kappa shape index (κ1) is 17.0. The van der Waals surface area contributed by atoms with Crippen LogP contribution < -0.4 is 0 Å². The van der Waals surface area contributed by atoms with Crippen LogP contribution in [-0.2, 0) is 19.1 Å². The molecule has 0 aromatic heterocycles. The van der Waals surface area contributed by atoms with Crippen molar-refractivity contribution < 1.29 is 19.1 Å². The molecule has 0 aliphatic heterocycles. The summed E-state index contributed by atoms with van der Waals surface area (Å²) in [6, 6.07) is 0. The normalized spacial score (nSPS) is 15.9. The monoisotopic (exact) mass is 285 g/mol. The minimum absolute atomic E-state index is 0.143. The van der Waals surface area contributed by atoms with Crippen molar-refractivity contribution in [2.45, 2.75) is 44.9 Å². The van der Waals surface area contributed by atoms with Crippen LogP contribution in [0.4, 0.5) is 0 Å². The van der Waals surface area contributed by atoms with Gasteiger partial charge in [-0.15, -0.1) is 0 Å². The summed E-state index contributed by atoms with van der Waals surface area (Å²) in [5.41, 5.74) is 0. The van der Waals surface area contributed by atoms with Crippen LogP contribution >= 0.6 is 0 Å². The zero-order chi connectivity index (χ0) is 14.8. The Hall–Kier alpha value is -1.10. The predicted octanol–water partition coefficient (Wildman–Crippen LogP) is 1.99. The highest BCUT2D eigenvalue weighted by Crippen LogP contribution is 2.25. The molecule has 5 nitrogen and oxygen atoms in total. The van der Waals surface area contributed by atoms with Gasteiger partial charge in [0, 0.05) is 32.7 Å². The second-order valence-corrected chi connectivity index (χ2v) is 5.33. The zero-order valence-corrected chi connectivity index (χ0v) is 12.7. The Morgan fingerprint density at radius 2 is 1.80 bits per heavy atom. The summed E-state index contributed by atoms with van der Waals surface area (Å²) in [4.78, 5) is 25.6. The second kappa shape index (κ2) is 9.75. The van der Waals surface area contributed by atoms with Crippen LogP contribution in [0.1, 0.15) is 44.9 Å². The molecule has 116 valence electrons. The molecule has 1 saturated carbocycles. The number of amides is 1. The molecule has 0 unspecified atom stereocenters. The summed E-state index contributed by atoms with van der Waals surface area (Å²) >= 11 is 0. The maximum atomic E-state index is 12.5. The molecule has 0 saturated heterocycles. The van der Waals surface area contributed by atoms with Crippen LogP contribution in [0, 0.1) is 5.92 Å². The number of hydrogen-bond acceptors (Lipinski definition) is 4. The third-order valence-electron chi connectivity index (χ3n) is 3.86. The molecule has 5 heteroatoms. The molecule has 0 heterocycles. The van der Waals surface area contributed by atoms with Crippen LogP contribution in [-0.4, -0.2) is 50.7 Å². The molecule has 1 aliphatic carbocycles. The average Bonchev–Trinajstić information content (AvgIpc) is 2.50. The molecule has 1 fully saturated rings. The number of methoxy groups -OCH3 is 2. The fourth-order valence-corrected chi connectivity index (χ4v) is 2.67. The van der Waals surface area contributed by atoms with Crippen LogP contribution in [0.3, 0.4) is 0 Å². The molecule has 0 bridgehead atoms. The first-order valence-corrected chi connectivity index (χ1v) is 7.53. The van der Waals surface area contributed by atoms with E-state index in [-0.39, 0.29) is 24.2 Å². The van der Waals surface area contributed by atoms with E-state index in [1.807, 2.05) is 4.90 Å². The molecular weight excluding hydrogens is 258 g/mol. The minimum Gasteiger partial charge on any atom is -0.469 e. The molecule has 1 rings (SSSR count). The third kappa shape index (κ3) is 5.90. The summed E-state index contributed by atoms with van der Waals surface area (Å²) < 4.78 is 9.68. The second-order valence-electron chi connectivity index (χ2n) is 5.33. The Labute approximate surface area is 121 Å². The molecule has 0 aromatic carbocycles. The first-order valence-electron chi connectivity index (χ1n) is 7.53. The van der Waals surface area contributed by atoms with E-state index in [2.05, 4.69) is 4.74 Å². The molecule has 0 radical (unpaired) electrons. The summed E-state index contributed by atoms with van der Waals surface area (Å²) in [5, 5.41) is 0. The fraction of sp³-hybridized carbons (Fsp3) is 0.867. The van der Waals surface area contributed by atoms with Crippen molar-refractivity contribution in [2.75, 3.05) is 33.9 Å². The standard InChI is InChI=1S/C15H27NO4/c1-19-12-6-10-16(11-9-14(17)20-2)15(18)13-7-4-3-5-8-13/h13H,3-12H2,1-2H3. The number of rotatable bonds is 8. The van der Waals surface area contributed by atoms with Crippen LogP contribution in [0.15, 0.2) is 0 Å². The highest BCUT2D eigenvalue weighted by atomic mass is 16.5. The smallest absolute Gasteiger partial charge is 0.307 e. The van der Waals surface area contributed by atoms with E-state index in [0.29, 0.717) is 19.7 Å². The molecule has 0 aromatic rings. The number of nitrogens with zero attached hydrogens (tertiary/aromatic N) is 1. The van der Waals surface area contributed by atoms with Gasteiger partial charge >= 0.3 is 5.97 Å². The lowest BCUT2D eigenvalue weighted by Crippen LogP contribution is -2.39. The van der Waals surface area contributed by atoms with E-state index in [1.165, 1.54) is 13.5 Å². The van der Waals surface area contributed by atoms with Crippen LogP contribution in [0.2, 0.25) is 0 Å². The number of carbonyl (C=O) groups excluding carboxylic acids is 2. The van der Waals surface area contributed by atoms with E-state index in [0.717, 1.165) is 32.1 Å². The topological polar surface area (TPSA) is 55.8 Å². The van der Waals surface area contributed by atoms with Gasteiger partial charge < -0.3 is 14.4 Å². The number of esters is 1. The quantitative estimate of drug-likeness (QED) is 0.505. The van der Waals surface area contributed by atoms with Gasteiger partial charge in [-0.2, -0.15) is 0 Å². The van der Waals surface area contributed by atoms with Crippen LogP contribution in [0.25, 0.3) is 0 Å². The largest absolute Gasteiger partial charge is 0.469 e. The first-order chi connectivity index (χ1) is 9.69. The van der Waals surface area contributed by atoms with Crippen molar-refractivity contribution in [1.29, 1.82) is 0 Å². The lowest BCUT2D eigenvalue weighted by atomic mass is 9.88. The van der Waals surface area contributed by atoms with Gasteiger partial charge in [-0.3, -0.25) is 9.59 Å². The van der Waals surface area contributed by atoms with E-state index in [4.69, 9.17) is 4.74 Å². The van der Waals surface area contributed by atoms with E-state index >= 15 is 0 Å². The minimum atomic E-state index is -0.266. The van der Waals surface area contributed by atoms with Gasteiger partial charge in [0.2, 0.25) is 5.91 Å². The lowest BCUT2D eigenvalue weighted by molar-refractivity contribution is -0.142. The van der Waals surface area contributed by atoms with E-state index < -0.39 is 0 Å². The Bertz CT molecular complexity index is 300. The molecule has 20 heavy (non-hydrogen) atoms. The summed E-state index contributed by atoms with van der Waals surface area (Å²) in [5.74, 6) is 0.0758. The lowest BCUT2D eigenvalue weighted by Gasteiger charge is -2.29.